The summed E-state index contributed by atoms with van der Waals surface area (Å²) < 4.78 is 0. The highest BCUT2D eigenvalue weighted by atomic mass is 16.1. The molecule has 0 unspecified atom stereocenters. The van der Waals surface area contributed by atoms with Gasteiger partial charge in [-0.2, -0.15) is 0 Å². The number of carbonyl (C=O) groups is 1. The van der Waals surface area contributed by atoms with Gasteiger partial charge in [-0.15, -0.1) is 0 Å². The molecule has 1 aliphatic heterocycles. The van der Waals surface area contributed by atoms with Gasteiger partial charge in [0.1, 0.15) is 0 Å². The van der Waals surface area contributed by atoms with Crippen molar-refractivity contribution in [2.45, 2.75) is 12.8 Å². The van der Waals surface area contributed by atoms with E-state index >= 15 is 0 Å². The molecule has 0 radical (unpaired) electrons. The van der Waals surface area contributed by atoms with Crippen molar-refractivity contribution >= 4 is 17.3 Å². The van der Waals surface area contributed by atoms with Gasteiger partial charge in [-0.3, -0.25) is 4.79 Å². The first-order valence-corrected chi connectivity index (χ1v) is 4.77. The normalized spacial score (nSPS) is 14.6. The van der Waals surface area contributed by atoms with Gasteiger partial charge in [0, 0.05) is 31.9 Å². The zero-order valence-corrected chi connectivity index (χ0v) is 8.50. The number of nitrogens with one attached hydrogen (secondary N) is 1. The summed E-state index contributed by atoms with van der Waals surface area (Å²) in [4.78, 5) is 13.2. The summed E-state index contributed by atoms with van der Waals surface area (Å²) in [6.07, 6.45) is 1.45. The summed E-state index contributed by atoms with van der Waals surface area (Å²) in [6.45, 7) is 0. The third kappa shape index (κ3) is 1.58. The highest BCUT2D eigenvalue weighted by Gasteiger charge is 2.14. The average Bonchev–Trinajstić information content (AvgIpc) is 2.16. The molecule has 0 fully saturated rings. The Balaban J connectivity index is 2.36. The van der Waals surface area contributed by atoms with Gasteiger partial charge in [-0.05, 0) is 30.2 Å². The van der Waals surface area contributed by atoms with Crippen LogP contribution in [0.15, 0.2) is 18.2 Å². The van der Waals surface area contributed by atoms with Crippen LogP contribution < -0.4 is 10.2 Å². The van der Waals surface area contributed by atoms with Crippen molar-refractivity contribution < 1.29 is 4.79 Å². The maximum absolute atomic E-state index is 11.1. The largest absolute Gasteiger partial charge is 0.378 e. The van der Waals surface area contributed by atoms with E-state index in [9.17, 15) is 4.79 Å². The Kier molecular flexibility index (Phi) is 2.15. The molecule has 0 bridgehead atoms. The molecule has 0 aromatic heterocycles. The first-order valence-electron chi connectivity index (χ1n) is 4.77. The number of hydrogen-bond donors (Lipinski definition) is 1. The molecular weight excluding hydrogens is 176 g/mol. The van der Waals surface area contributed by atoms with E-state index < -0.39 is 0 Å². The van der Waals surface area contributed by atoms with Crippen molar-refractivity contribution in [3.63, 3.8) is 0 Å². The van der Waals surface area contributed by atoms with Gasteiger partial charge in [0.2, 0.25) is 5.91 Å². The van der Waals surface area contributed by atoms with E-state index in [0.29, 0.717) is 6.42 Å². The van der Waals surface area contributed by atoms with E-state index in [2.05, 4.69) is 16.3 Å². The minimum absolute atomic E-state index is 0.120. The van der Waals surface area contributed by atoms with E-state index in [1.807, 2.05) is 26.2 Å². The molecule has 0 atom stereocenters. The van der Waals surface area contributed by atoms with Crippen molar-refractivity contribution in [2.24, 2.45) is 0 Å². The van der Waals surface area contributed by atoms with Crippen LogP contribution in [0.3, 0.4) is 0 Å². The summed E-state index contributed by atoms with van der Waals surface area (Å²) in [5.41, 5.74) is 3.38. The number of amides is 1. The van der Waals surface area contributed by atoms with Crippen LogP contribution in [-0.2, 0) is 11.2 Å². The molecule has 1 aromatic carbocycles. The van der Waals surface area contributed by atoms with Crippen LogP contribution in [0.4, 0.5) is 11.4 Å². The third-order valence-corrected chi connectivity index (χ3v) is 2.50. The van der Waals surface area contributed by atoms with E-state index in [0.717, 1.165) is 12.1 Å². The van der Waals surface area contributed by atoms with Crippen LogP contribution in [-0.4, -0.2) is 20.0 Å². The second-order valence-corrected chi connectivity index (χ2v) is 3.78. The monoisotopic (exact) mass is 190 g/mol. The minimum Gasteiger partial charge on any atom is -0.378 e. The first kappa shape index (κ1) is 9.06. The predicted molar refractivity (Wildman–Crippen MR) is 57.7 cm³/mol. The molecule has 1 amide bonds. The number of hydrogen-bond acceptors (Lipinski definition) is 2. The number of nitrogens with zero attached hydrogens (tertiary/aromatic N) is 1. The molecule has 0 aliphatic carbocycles. The molecule has 3 heteroatoms. The molecule has 0 saturated carbocycles. The van der Waals surface area contributed by atoms with Crippen LogP contribution in [0.1, 0.15) is 12.0 Å². The summed E-state index contributed by atoms with van der Waals surface area (Å²) in [7, 11) is 4.03. The molecular formula is C11H14N2O. The Morgan fingerprint density at radius 1 is 1.29 bits per heavy atom. The lowest BCUT2D eigenvalue weighted by Crippen LogP contribution is -2.19. The van der Waals surface area contributed by atoms with Gasteiger partial charge in [-0.1, -0.05) is 0 Å². The van der Waals surface area contributed by atoms with Crippen molar-refractivity contribution in [3.8, 4) is 0 Å². The van der Waals surface area contributed by atoms with Gasteiger partial charge in [0.15, 0.2) is 0 Å². The van der Waals surface area contributed by atoms with Crippen molar-refractivity contribution in [2.75, 3.05) is 24.3 Å². The molecule has 0 saturated heterocycles. The summed E-state index contributed by atoms with van der Waals surface area (Å²) in [5.74, 6) is 0.120. The SMILES string of the molecule is CN(C)c1ccc2c(c1)CCC(=O)N2. The van der Waals surface area contributed by atoms with Gasteiger partial charge in [0.25, 0.3) is 0 Å². The lowest BCUT2D eigenvalue weighted by molar-refractivity contribution is -0.116. The number of rotatable bonds is 1. The number of anilines is 2. The third-order valence-electron chi connectivity index (χ3n) is 2.50. The molecule has 1 aliphatic rings. The van der Waals surface area contributed by atoms with Crippen LogP contribution in [0, 0.1) is 0 Å². The Hall–Kier alpha value is -1.51. The quantitative estimate of drug-likeness (QED) is 0.730. The Bertz CT molecular complexity index is 372. The lowest BCUT2D eigenvalue weighted by atomic mass is 10.0. The van der Waals surface area contributed by atoms with Crippen molar-refractivity contribution in [3.05, 3.63) is 23.8 Å². The van der Waals surface area contributed by atoms with E-state index in [-0.39, 0.29) is 5.91 Å². The second kappa shape index (κ2) is 3.33. The predicted octanol–water partition coefficient (Wildman–Crippen LogP) is 1.64. The van der Waals surface area contributed by atoms with Crippen LogP contribution in [0.25, 0.3) is 0 Å². The molecule has 14 heavy (non-hydrogen) atoms. The van der Waals surface area contributed by atoms with E-state index in [1.54, 1.807) is 0 Å². The van der Waals surface area contributed by atoms with Crippen molar-refractivity contribution in [1.29, 1.82) is 0 Å². The summed E-state index contributed by atoms with van der Waals surface area (Å²) >= 11 is 0. The standard InChI is InChI=1S/C11H14N2O/c1-13(2)9-4-5-10-8(7-9)3-6-11(14)12-10/h4-5,7H,3,6H2,1-2H3,(H,12,14). The first-order chi connectivity index (χ1) is 6.66. The molecule has 2 rings (SSSR count). The lowest BCUT2D eigenvalue weighted by Gasteiger charge is -2.20. The van der Waals surface area contributed by atoms with Crippen LogP contribution >= 0.6 is 0 Å². The number of fused-ring (bicyclic) bond motifs is 1. The fraction of sp³-hybridized carbons (Fsp3) is 0.364. The Morgan fingerprint density at radius 2 is 2.07 bits per heavy atom. The highest BCUT2D eigenvalue weighted by molar-refractivity contribution is 5.94. The van der Waals surface area contributed by atoms with Crippen LogP contribution in [0.5, 0.6) is 0 Å². The van der Waals surface area contributed by atoms with Gasteiger partial charge in [-0.25, -0.2) is 0 Å². The molecule has 1 aromatic rings. The van der Waals surface area contributed by atoms with Crippen molar-refractivity contribution in [1.82, 2.24) is 0 Å². The molecule has 74 valence electrons. The van der Waals surface area contributed by atoms with E-state index in [1.165, 1.54) is 11.3 Å². The topological polar surface area (TPSA) is 32.3 Å². The molecule has 0 spiro atoms. The summed E-state index contributed by atoms with van der Waals surface area (Å²) in [6, 6.07) is 6.13. The fourth-order valence-corrected chi connectivity index (χ4v) is 1.65. The molecule has 3 nitrogen and oxygen atoms in total. The van der Waals surface area contributed by atoms with Gasteiger partial charge >= 0.3 is 0 Å². The summed E-state index contributed by atoms with van der Waals surface area (Å²) in [5, 5.41) is 2.87. The molecule has 1 heterocycles. The smallest absolute Gasteiger partial charge is 0.224 e. The Morgan fingerprint density at radius 3 is 2.79 bits per heavy atom. The molecule has 1 N–H and O–H groups in total. The maximum Gasteiger partial charge on any atom is 0.224 e. The van der Waals surface area contributed by atoms with Gasteiger partial charge < -0.3 is 10.2 Å². The highest BCUT2D eigenvalue weighted by Crippen LogP contribution is 2.26. The number of aryl methyl sites for hydroxylation is 1. The van der Waals surface area contributed by atoms with Crippen LogP contribution in [0.2, 0.25) is 0 Å². The maximum atomic E-state index is 11.1. The average molecular weight is 190 g/mol. The second-order valence-electron chi connectivity index (χ2n) is 3.78. The zero-order chi connectivity index (χ0) is 10.1. The Labute approximate surface area is 83.7 Å². The van der Waals surface area contributed by atoms with E-state index in [4.69, 9.17) is 0 Å². The number of benzene rings is 1. The van der Waals surface area contributed by atoms with Gasteiger partial charge in [0.05, 0.1) is 0 Å². The zero-order valence-electron chi connectivity index (χ0n) is 8.50. The fourth-order valence-electron chi connectivity index (χ4n) is 1.65. The number of carbonyl (C=O) groups excluding carboxylic acids is 1. The minimum atomic E-state index is 0.120.